The maximum atomic E-state index is 13.7. The lowest BCUT2D eigenvalue weighted by atomic mass is 10.0. The molecule has 2 rings (SSSR count). The molecule has 0 aromatic heterocycles. The zero-order valence-electron chi connectivity index (χ0n) is 11.5. The average Bonchev–Trinajstić information content (AvgIpc) is 2.40. The van der Waals surface area contributed by atoms with Gasteiger partial charge in [-0.1, -0.05) is 37.6 Å². The molecule has 106 valence electrons. The highest BCUT2D eigenvalue weighted by molar-refractivity contribution is 5.25. The van der Waals surface area contributed by atoms with Gasteiger partial charge in [-0.2, -0.15) is 0 Å². The standard InChI is InChI=1S/C15H22F2N2/c1-2-7-15(16,17)14-5-3-13(4-6-14)12-19-10-8-18-9-11-19/h3-6,18H,2,7-12H2,1H3. The van der Waals surface area contributed by atoms with Crippen molar-refractivity contribution in [3.63, 3.8) is 0 Å². The Balaban J connectivity index is 1.97. The molecular formula is C15H22F2N2. The van der Waals surface area contributed by atoms with Crippen molar-refractivity contribution in [1.29, 1.82) is 0 Å². The molecule has 1 N–H and O–H groups in total. The van der Waals surface area contributed by atoms with E-state index in [9.17, 15) is 8.78 Å². The molecule has 1 aliphatic heterocycles. The van der Waals surface area contributed by atoms with Crippen LogP contribution in [-0.2, 0) is 12.5 Å². The van der Waals surface area contributed by atoms with Crippen molar-refractivity contribution in [3.05, 3.63) is 35.4 Å². The minimum atomic E-state index is -2.69. The number of hydrogen-bond acceptors (Lipinski definition) is 2. The van der Waals surface area contributed by atoms with Crippen LogP contribution in [0.25, 0.3) is 0 Å². The van der Waals surface area contributed by atoms with Crippen LogP contribution in [0, 0.1) is 0 Å². The first-order valence-corrected chi connectivity index (χ1v) is 7.02. The summed E-state index contributed by atoms with van der Waals surface area (Å²) in [6, 6.07) is 6.82. The zero-order chi connectivity index (χ0) is 13.7. The highest BCUT2D eigenvalue weighted by Gasteiger charge is 2.29. The highest BCUT2D eigenvalue weighted by Crippen LogP contribution is 2.32. The SMILES string of the molecule is CCCC(F)(F)c1ccc(CN2CCNCC2)cc1. The molecule has 1 aromatic carbocycles. The van der Waals surface area contributed by atoms with Gasteiger partial charge in [-0.05, 0) is 5.56 Å². The van der Waals surface area contributed by atoms with E-state index in [-0.39, 0.29) is 12.0 Å². The fraction of sp³-hybridized carbons (Fsp3) is 0.600. The van der Waals surface area contributed by atoms with E-state index in [1.165, 1.54) is 0 Å². The van der Waals surface area contributed by atoms with Gasteiger partial charge < -0.3 is 5.32 Å². The number of nitrogens with zero attached hydrogens (tertiary/aromatic N) is 1. The van der Waals surface area contributed by atoms with Gasteiger partial charge in [0.2, 0.25) is 0 Å². The lowest BCUT2D eigenvalue weighted by Gasteiger charge is -2.27. The summed E-state index contributed by atoms with van der Waals surface area (Å²) < 4.78 is 27.5. The Labute approximate surface area is 113 Å². The minimum Gasteiger partial charge on any atom is -0.314 e. The van der Waals surface area contributed by atoms with E-state index in [2.05, 4.69) is 10.2 Å². The molecule has 0 radical (unpaired) electrons. The van der Waals surface area contributed by atoms with Gasteiger partial charge in [-0.25, -0.2) is 8.78 Å². The molecule has 0 spiro atoms. The van der Waals surface area contributed by atoms with Crippen LogP contribution in [0.2, 0.25) is 0 Å². The van der Waals surface area contributed by atoms with Gasteiger partial charge in [0.25, 0.3) is 5.92 Å². The van der Waals surface area contributed by atoms with E-state index in [1.54, 1.807) is 19.1 Å². The van der Waals surface area contributed by atoms with Crippen molar-refractivity contribution in [2.24, 2.45) is 0 Å². The molecule has 0 amide bonds. The van der Waals surface area contributed by atoms with Crippen LogP contribution in [0.1, 0.15) is 30.9 Å². The summed E-state index contributed by atoms with van der Waals surface area (Å²) in [6.07, 6.45) is 0.416. The smallest absolute Gasteiger partial charge is 0.273 e. The van der Waals surface area contributed by atoms with Gasteiger partial charge in [0, 0.05) is 44.7 Å². The van der Waals surface area contributed by atoms with Crippen LogP contribution < -0.4 is 5.32 Å². The molecule has 1 aromatic rings. The molecule has 4 heteroatoms. The molecule has 1 aliphatic rings. The van der Waals surface area contributed by atoms with Crippen LogP contribution in [0.4, 0.5) is 8.78 Å². The highest BCUT2D eigenvalue weighted by atomic mass is 19.3. The van der Waals surface area contributed by atoms with E-state index in [0.717, 1.165) is 38.3 Å². The monoisotopic (exact) mass is 268 g/mol. The molecule has 0 unspecified atom stereocenters. The van der Waals surface area contributed by atoms with Crippen molar-refractivity contribution >= 4 is 0 Å². The Morgan fingerprint density at radius 3 is 2.37 bits per heavy atom. The summed E-state index contributed by atoms with van der Waals surface area (Å²) in [5.41, 5.74) is 1.25. The molecule has 1 saturated heterocycles. The molecule has 2 nitrogen and oxygen atoms in total. The van der Waals surface area contributed by atoms with Crippen molar-refractivity contribution in [1.82, 2.24) is 10.2 Å². The quantitative estimate of drug-likeness (QED) is 0.883. The Morgan fingerprint density at radius 1 is 1.16 bits per heavy atom. The third-order valence-electron chi connectivity index (χ3n) is 3.56. The van der Waals surface area contributed by atoms with Gasteiger partial charge in [0.1, 0.15) is 0 Å². The Bertz CT molecular complexity index is 384. The summed E-state index contributed by atoms with van der Waals surface area (Å²) >= 11 is 0. The second-order valence-electron chi connectivity index (χ2n) is 5.18. The van der Waals surface area contributed by atoms with Crippen molar-refractivity contribution in [3.8, 4) is 0 Å². The van der Waals surface area contributed by atoms with E-state index < -0.39 is 5.92 Å². The van der Waals surface area contributed by atoms with E-state index in [4.69, 9.17) is 0 Å². The number of halogens is 2. The minimum absolute atomic E-state index is 0.0792. The number of rotatable bonds is 5. The summed E-state index contributed by atoms with van der Waals surface area (Å²) in [7, 11) is 0. The Kier molecular flexibility index (Phi) is 4.88. The molecule has 0 saturated carbocycles. The fourth-order valence-corrected chi connectivity index (χ4v) is 2.44. The average molecular weight is 268 g/mol. The van der Waals surface area contributed by atoms with E-state index in [0.29, 0.717) is 6.42 Å². The van der Waals surface area contributed by atoms with Crippen molar-refractivity contribution in [2.75, 3.05) is 26.2 Å². The predicted molar refractivity (Wildman–Crippen MR) is 73.4 cm³/mol. The summed E-state index contributed by atoms with van der Waals surface area (Å²) in [6.45, 7) is 6.69. The molecule has 0 bridgehead atoms. The first-order chi connectivity index (χ1) is 9.12. The second kappa shape index (κ2) is 6.44. The molecule has 1 heterocycles. The third kappa shape index (κ3) is 3.98. The van der Waals surface area contributed by atoms with Crippen LogP contribution in [0.3, 0.4) is 0 Å². The van der Waals surface area contributed by atoms with E-state index >= 15 is 0 Å². The third-order valence-corrected chi connectivity index (χ3v) is 3.56. The largest absolute Gasteiger partial charge is 0.314 e. The molecule has 0 aliphatic carbocycles. The van der Waals surface area contributed by atoms with Crippen LogP contribution in [0.15, 0.2) is 24.3 Å². The topological polar surface area (TPSA) is 15.3 Å². The Hall–Kier alpha value is -1.00. The molecule has 0 atom stereocenters. The number of benzene rings is 1. The number of nitrogens with one attached hydrogen (secondary N) is 1. The van der Waals surface area contributed by atoms with Crippen molar-refractivity contribution < 1.29 is 8.78 Å². The lowest BCUT2D eigenvalue weighted by Crippen LogP contribution is -2.42. The van der Waals surface area contributed by atoms with Gasteiger partial charge in [0.05, 0.1) is 0 Å². The normalized spacial score (nSPS) is 17.6. The van der Waals surface area contributed by atoms with Gasteiger partial charge >= 0.3 is 0 Å². The Morgan fingerprint density at radius 2 is 1.79 bits per heavy atom. The van der Waals surface area contributed by atoms with Crippen LogP contribution >= 0.6 is 0 Å². The maximum absolute atomic E-state index is 13.7. The maximum Gasteiger partial charge on any atom is 0.273 e. The number of piperazine rings is 1. The lowest BCUT2D eigenvalue weighted by molar-refractivity contribution is -0.0140. The number of hydrogen-bond donors (Lipinski definition) is 1. The summed E-state index contributed by atoms with van der Waals surface area (Å²) in [5.74, 6) is -2.69. The molecular weight excluding hydrogens is 246 g/mol. The fourth-order valence-electron chi connectivity index (χ4n) is 2.44. The van der Waals surface area contributed by atoms with Crippen molar-refractivity contribution in [2.45, 2.75) is 32.2 Å². The zero-order valence-corrected chi connectivity index (χ0v) is 11.5. The molecule has 1 fully saturated rings. The predicted octanol–water partition coefficient (Wildman–Crippen LogP) is 2.98. The van der Waals surface area contributed by atoms with Gasteiger partial charge in [-0.3, -0.25) is 4.90 Å². The second-order valence-corrected chi connectivity index (χ2v) is 5.18. The van der Waals surface area contributed by atoms with Gasteiger partial charge in [0.15, 0.2) is 0 Å². The van der Waals surface area contributed by atoms with Crippen LogP contribution in [0.5, 0.6) is 0 Å². The van der Waals surface area contributed by atoms with Crippen LogP contribution in [-0.4, -0.2) is 31.1 Å². The van der Waals surface area contributed by atoms with Gasteiger partial charge in [-0.15, -0.1) is 0 Å². The molecule has 19 heavy (non-hydrogen) atoms. The first-order valence-electron chi connectivity index (χ1n) is 7.02. The van der Waals surface area contributed by atoms with E-state index in [1.807, 2.05) is 12.1 Å². The number of alkyl halides is 2. The summed E-state index contributed by atoms with van der Waals surface area (Å²) in [5, 5.41) is 3.30. The first kappa shape index (κ1) is 14.4. The summed E-state index contributed by atoms with van der Waals surface area (Å²) in [4.78, 5) is 2.34.